The zero-order chi connectivity index (χ0) is 19.9. The maximum absolute atomic E-state index is 12.4. The highest BCUT2D eigenvalue weighted by Gasteiger charge is 2.11. The van der Waals surface area contributed by atoms with Crippen molar-refractivity contribution >= 4 is 23.2 Å². The van der Waals surface area contributed by atoms with Gasteiger partial charge in [-0.05, 0) is 42.5 Å². The van der Waals surface area contributed by atoms with Gasteiger partial charge in [-0.25, -0.2) is 9.97 Å². The summed E-state index contributed by atoms with van der Waals surface area (Å²) >= 11 is 0. The first-order valence-corrected chi connectivity index (χ1v) is 8.26. The summed E-state index contributed by atoms with van der Waals surface area (Å²) in [6.07, 6.45) is 1.49. The predicted octanol–water partition coefficient (Wildman–Crippen LogP) is 3.36. The molecule has 2 aromatic carbocycles. The molecular formula is C20H17N5O3. The molecule has 0 fully saturated rings. The lowest BCUT2D eigenvalue weighted by atomic mass is 10.2. The first-order valence-electron chi connectivity index (χ1n) is 8.26. The van der Waals surface area contributed by atoms with Gasteiger partial charge in [0.1, 0.15) is 17.2 Å². The molecule has 0 aliphatic rings. The number of carbonyl (C=O) groups is 1. The number of nitriles is 1. The summed E-state index contributed by atoms with van der Waals surface area (Å²) in [5.41, 5.74) is 1.90. The lowest BCUT2D eigenvalue weighted by Gasteiger charge is -2.12. The van der Waals surface area contributed by atoms with Crippen LogP contribution in [0.2, 0.25) is 0 Å². The number of rotatable bonds is 6. The molecule has 1 aromatic heterocycles. The van der Waals surface area contributed by atoms with E-state index in [-0.39, 0.29) is 11.6 Å². The molecule has 28 heavy (non-hydrogen) atoms. The molecule has 0 atom stereocenters. The molecular weight excluding hydrogens is 358 g/mol. The molecule has 0 radical (unpaired) electrons. The highest BCUT2D eigenvalue weighted by molar-refractivity contribution is 6.03. The van der Waals surface area contributed by atoms with Crippen molar-refractivity contribution < 1.29 is 14.3 Å². The zero-order valence-corrected chi connectivity index (χ0v) is 15.3. The van der Waals surface area contributed by atoms with E-state index in [2.05, 4.69) is 20.6 Å². The van der Waals surface area contributed by atoms with E-state index in [1.807, 2.05) is 6.07 Å². The highest BCUT2D eigenvalue weighted by Crippen LogP contribution is 2.30. The topological polar surface area (TPSA) is 109 Å². The number of hydrogen-bond acceptors (Lipinski definition) is 7. The van der Waals surface area contributed by atoms with E-state index in [4.69, 9.17) is 14.7 Å². The van der Waals surface area contributed by atoms with Gasteiger partial charge in [-0.15, -0.1) is 0 Å². The molecule has 1 amide bonds. The van der Waals surface area contributed by atoms with Crippen LogP contribution in [-0.4, -0.2) is 30.1 Å². The molecule has 1 heterocycles. The molecule has 0 saturated heterocycles. The summed E-state index contributed by atoms with van der Waals surface area (Å²) in [4.78, 5) is 20.8. The van der Waals surface area contributed by atoms with Crippen LogP contribution in [0.3, 0.4) is 0 Å². The van der Waals surface area contributed by atoms with Gasteiger partial charge in [0, 0.05) is 18.0 Å². The lowest BCUT2D eigenvalue weighted by Crippen LogP contribution is -2.14. The monoisotopic (exact) mass is 375 g/mol. The van der Waals surface area contributed by atoms with Crippen molar-refractivity contribution in [3.8, 4) is 17.6 Å². The maximum atomic E-state index is 12.4. The minimum absolute atomic E-state index is 0.189. The molecule has 0 unspecified atom stereocenters. The first kappa shape index (κ1) is 18.7. The van der Waals surface area contributed by atoms with E-state index in [9.17, 15) is 4.79 Å². The van der Waals surface area contributed by atoms with Gasteiger partial charge in [0.15, 0.2) is 0 Å². The first-order chi connectivity index (χ1) is 13.6. The van der Waals surface area contributed by atoms with Gasteiger partial charge in [0.25, 0.3) is 5.91 Å². The fourth-order valence-corrected chi connectivity index (χ4v) is 2.39. The second-order valence-electron chi connectivity index (χ2n) is 5.60. The summed E-state index contributed by atoms with van der Waals surface area (Å²) in [6, 6.07) is 15.4. The Morgan fingerprint density at radius 2 is 1.86 bits per heavy atom. The summed E-state index contributed by atoms with van der Waals surface area (Å²) in [5, 5.41) is 14.6. The second kappa shape index (κ2) is 8.51. The summed E-state index contributed by atoms with van der Waals surface area (Å²) in [7, 11) is 3.11. The van der Waals surface area contributed by atoms with Crippen LogP contribution in [0.1, 0.15) is 16.1 Å². The number of benzene rings is 2. The van der Waals surface area contributed by atoms with Crippen LogP contribution < -0.4 is 20.1 Å². The van der Waals surface area contributed by atoms with Gasteiger partial charge < -0.3 is 20.1 Å². The summed E-state index contributed by atoms with van der Waals surface area (Å²) in [5.74, 6) is 1.06. The standard InChI is InChI=1S/C20H17N5O3/c1-27-15-7-8-16(18(11-15)28-2)24-20-22-10-9-17(25-20)19(26)23-14-5-3-13(12-21)4-6-14/h3-11H,1-2H3,(H,23,26)(H,22,24,25). The van der Waals surface area contributed by atoms with E-state index in [0.29, 0.717) is 28.4 Å². The van der Waals surface area contributed by atoms with Gasteiger partial charge in [-0.2, -0.15) is 5.26 Å². The Hall–Kier alpha value is -4.12. The number of nitrogens with one attached hydrogen (secondary N) is 2. The normalized spacial score (nSPS) is 9.89. The Balaban J connectivity index is 1.76. The Morgan fingerprint density at radius 1 is 1.07 bits per heavy atom. The summed E-state index contributed by atoms with van der Waals surface area (Å²) < 4.78 is 10.5. The molecule has 3 rings (SSSR count). The van der Waals surface area contributed by atoms with Crippen LogP contribution in [0.25, 0.3) is 0 Å². The minimum atomic E-state index is -0.392. The van der Waals surface area contributed by atoms with Crippen LogP contribution >= 0.6 is 0 Å². The van der Waals surface area contributed by atoms with E-state index in [0.717, 1.165) is 0 Å². The van der Waals surface area contributed by atoms with E-state index >= 15 is 0 Å². The maximum Gasteiger partial charge on any atom is 0.274 e. The number of hydrogen-bond donors (Lipinski definition) is 2. The highest BCUT2D eigenvalue weighted by atomic mass is 16.5. The molecule has 0 aliphatic carbocycles. The number of ether oxygens (including phenoxy) is 2. The van der Waals surface area contributed by atoms with Crippen molar-refractivity contribution in [2.75, 3.05) is 24.9 Å². The third-order valence-electron chi connectivity index (χ3n) is 3.82. The number of anilines is 3. The predicted molar refractivity (Wildman–Crippen MR) is 104 cm³/mol. The number of carbonyl (C=O) groups excluding carboxylic acids is 1. The van der Waals surface area contributed by atoms with Crippen molar-refractivity contribution in [3.05, 3.63) is 66.0 Å². The number of aromatic nitrogens is 2. The Bertz CT molecular complexity index is 1030. The van der Waals surface area contributed by atoms with Crippen LogP contribution in [-0.2, 0) is 0 Å². The van der Waals surface area contributed by atoms with Crippen LogP contribution in [0, 0.1) is 11.3 Å². The molecule has 3 aromatic rings. The third kappa shape index (κ3) is 4.34. The third-order valence-corrected chi connectivity index (χ3v) is 3.82. The number of nitrogens with zero attached hydrogens (tertiary/aromatic N) is 3. The smallest absolute Gasteiger partial charge is 0.274 e. The Morgan fingerprint density at radius 3 is 2.54 bits per heavy atom. The Kier molecular flexibility index (Phi) is 5.67. The van der Waals surface area contributed by atoms with Gasteiger partial charge in [-0.1, -0.05) is 0 Å². The van der Waals surface area contributed by atoms with Gasteiger partial charge in [0.05, 0.1) is 31.5 Å². The minimum Gasteiger partial charge on any atom is -0.497 e. The van der Waals surface area contributed by atoms with Crippen LogP contribution in [0.4, 0.5) is 17.3 Å². The SMILES string of the molecule is COc1ccc(Nc2nccc(C(=O)Nc3ccc(C#N)cc3)n2)c(OC)c1. The number of methoxy groups -OCH3 is 2. The van der Waals surface area contributed by atoms with Crippen molar-refractivity contribution in [2.45, 2.75) is 0 Å². The second-order valence-corrected chi connectivity index (χ2v) is 5.60. The molecule has 0 saturated carbocycles. The molecule has 8 nitrogen and oxygen atoms in total. The van der Waals surface area contributed by atoms with Gasteiger partial charge >= 0.3 is 0 Å². The fourth-order valence-electron chi connectivity index (χ4n) is 2.39. The van der Waals surface area contributed by atoms with Crippen molar-refractivity contribution in [3.63, 3.8) is 0 Å². The largest absolute Gasteiger partial charge is 0.497 e. The van der Waals surface area contributed by atoms with Crippen LogP contribution in [0.15, 0.2) is 54.7 Å². The van der Waals surface area contributed by atoms with E-state index in [1.165, 1.54) is 12.3 Å². The molecule has 0 spiro atoms. The lowest BCUT2D eigenvalue weighted by molar-refractivity contribution is 0.102. The van der Waals surface area contributed by atoms with Crippen molar-refractivity contribution in [1.29, 1.82) is 5.26 Å². The number of amides is 1. The van der Waals surface area contributed by atoms with Crippen molar-refractivity contribution in [1.82, 2.24) is 9.97 Å². The molecule has 0 bridgehead atoms. The Labute approximate surface area is 161 Å². The summed E-state index contributed by atoms with van der Waals surface area (Å²) in [6.45, 7) is 0. The average Bonchev–Trinajstić information content (AvgIpc) is 2.74. The average molecular weight is 375 g/mol. The fraction of sp³-hybridized carbons (Fsp3) is 0.100. The molecule has 0 aliphatic heterocycles. The van der Waals surface area contributed by atoms with Gasteiger partial charge in [-0.3, -0.25) is 4.79 Å². The van der Waals surface area contributed by atoms with E-state index in [1.54, 1.807) is 56.7 Å². The zero-order valence-electron chi connectivity index (χ0n) is 15.3. The van der Waals surface area contributed by atoms with Crippen molar-refractivity contribution in [2.24, 2.45) is 0 Å². The molecule has 8 heteroatoms. The van der Waals surface area contributed by atoms with Gasteiger partial charge in [0.2, 0.25) is 5.95 Å². The van der Waals surface area contributed by atoms with E-state index < -0.39 is 5.91 Å². The quantitative estimate of drug-likeness (QED) is 0.680. The molecule has 2 N–H and O–H groups in total. The molecule has 140 valence electrons. The van der Waals surface area contributed by atoms with Crippen LogP contribution in [0.5, 0.6) is 11.5 Å².